The number of ether oxygens (including phenoxy) is 1. The van der Waals surface area contributed by atoms with Crippen LogP contribution in [-0.2, 0) is 0 Å². The number of hydrogen-bond acceptors (Lipinski definition) is 4. The number of nitro groups is 1. The third-order valence-corrected chi connectivity index (χ3v) is 3.05. The molecule has 2 aromatic carbocycles. The Kier molecular flexibility index (Phi) is 5.25. The topological polar surface area (TPSA) is 102 Å². The first-order valence-electron chi connectivity index (χ1n) is 6.70. The van der Waals surface area contributed by atoms with E-state index in [1.807, 2.05) is 5.32 Å². The molecule has 1 unspecified atom stereocenters. The smallest absolute Gasteiger partial charge is 0.405 e. The van der Waals surface area contributed by atoms with Gasteiger partial charge in [-0.15, -0.1) is 0 Å². The largest absolute Gasteiger partial charge is 0.465 e. The third-order valence-electron chi connectivity index (χ3n) is 3.05. The van der Waals surface area contributed by atoms with Crippen molar-refractivity contribution >= 4 is 6.09 Å². The average Bonchev–Trinajstić information content (AvgIpc) is 2.51. The monoisotopic (exact) mass is 338 g/mol. The number of hydrogen-bond donors (Lipinski definition) is 2. The van der Waals surface area contributed by atoms with Crippen molar-refractivity contribution in [1.29, 1.82) is 0 Å². The molecule has 0 aliphatic rings. The van der Waals surface area contributed by atoms with Crippen molar-refractivity contribution in [3.05, 3.63) is 69.8 Å². The van der Waals surface area contributed by atoms with Gasteiger partial charge < -0.3 is 15.2 Å². The molecule has 9 heteroatoms. The second-order valence-electron chi connectivity index (χ2n) is 4.71. The minimum atomic E-state index is -1.57. The van der Waals surface area contributed by atoms with Gasteiger partial charge in [0.05, 0.1) is 0 Å². The molecular formula is C15H12F2N2O5. The van der Waals surface area contributed by atoms with E-state index in [1.165, 1.54) is 12.1 Å². The van der Waals surface area contributed by atoms with Crippen molar-refractivity contribution in [2.75, 3.05) is 6.54 Å². The number of carbonyl (C=O) groups is 1. The van der Waals surface area contributed by atoms with Crippen molar-refractivity contribution in [2.24, 2.45) is 0 Å². The van der Waals surface area contributed by atoms with Crippen LogP contribution in [0.1, 0.15) is 11.6 Å². The minimum absolute atomic E-state index is 0.157. The summed E-state index contributed by atoms with van der Waals surface area (Å²) in [5.41, 5.74) is -0.388. The van der Waals surface area contributed by atoms with Crippen molar-refractivity contribution in [1.82, 2.24) is 5.32 Å². The van der Waals surface area contributed by atoms with Crippen LogP contribution in [-0.4, -0.2) is 22.7 Å². The molecule has 0 saturated carbocycles. The lowest BCUT2D eigenvalue weighted by Crippen LogP contribution is -2.32. The number of carboxylic acid groups (broad SMARTS) is 1. The summed E-state index contributed by atoms with van der Waals surface area (Å²) < 4.78 is 33.6. The summed E-state index contributed by atoms with van der Waals surface area (Å²) in [5, 5.41) is 21.2. The summed E-state index contributed by atoms with van der Waals surface area (Å²) in [5.74, 6) is -2.83. The maximum atomic E-state index is 14.5. The first-order chi connectivity index (χ1) is 11.4. The van der Waals surface area contributed by atoms with Gasteiger partial charge in [0, 0.05) is 10.5 Å². The molecule has 24 heavy (non-hydrogen) atoms. The van der Waals surface area contributed by atoms with E-state index in [9.17, 15) is 23.7 Å². The SMILES string of the molecule is O=C(O)NC(C[N+](=O)[O-])c1ccc(F)c(Oc2ccccc2)c1F. The summed E-state index contributed by atoms with van der Waals surface area (Å²) in [7, 11) is 0. The molecule has 0 aromatic heterocycles. The Morgan fingerprint density at radius 3 is 2.50 bits per heavy atom. The lowest BCUT2D eigenvalue weighted by molar-refractivity contribution is -0.484. The van der Waals surface area contributed by atoms with E-state index in [4.69, 9.17) is 9.84 Å². The van der Waals surface area contributed by atoms with Gasteiger partial charge in [0.2, 0.25) is 6.54 Å². The molecule has 0 bridgehead atoms. The molecule has 7 nitrogen and oxygen atoms in total. The first kappa shape index (κ1) is 17.1. The molecule has 0 radical (unpaired) electrons. The molecule has 0 fully saturated rings. The van der Waals surface area contributed by atoms with Gasteiger partial charge in [-0.05, 0) is 18.2 Å². The van der Waals surface area contributed by atoms with Crippen LogP contribution in [0.2, 0.25) is 0 Å². The molecule has 0 aliphatic heterocycles. The fourth-order valence-corrected chi connectivity index (χ4v) is 2.04. The lowest BCUT2D eigenvalue weighted by Gasteiger charge is -2.16. The van der Waals surface area contributed by atoms with Gasteiger partial charge in [0.1, 0.15) is 11.8 Å². The van der Waals surface area contributed by atoms with Crippen LogP contribution in [0.3, 0.4) is 0 Å². The van der Waals surface area contributed by atoms with Crippen LogP contribution in [0, 0.1) is 21.7 Å². The van der Waals surface area contributed by atoms with Crippen LogP contribution >= 0.6 is 0 Å². The predicted molar refractivity (Wildman–Crippen MR) is 78.6 cm³/mol. The number of para-hydroxylation sites is 1. The number of amides is 1. The fourth-order valence-electron chi connectivity index (χ4n) is 2.04. The van der Waals surface area contributed by atoms with Gasteiger partial charge in [-0.3, -0.25) is 10.1 Å². The summed E-state index contributed by atoms with van der Waals surface area (Å²) in [4.78, 5) is 20.6. The van der Waals surface area contributed by atoms with Gasteiger partial charge in [0.25, 0.3) is 0 Å². The summed E-state index contributed by atoms with van der Waals surface area (Å²) >= 11 is 0. The molecule has 1 amide bonds. The molecule has 0 saturated heterocycles. The maximum Gasteiger partial charge on any atom is 0.405 e. The average molecular weight is 338 g/mol. The number of benzene rings is 2. The number of rotatable bonds is 6. The molecule has 0 aliphatic carbocycles. The minimum Gasteiger partial charge on any atom is -0.465 e. The van der Waals surface area contributed by atoms with E-state index in [2.05, 4.69) is 0 Å². The standard InChI is InChI=1S/C15H12F2N2O5/c16-11-7-6-10(12(8-19(22)23)18-15(20)21)13(17)14(11)24-9-4-2-1-3-5-9/h1-7,12,18H,8H2,(H,20,21). The van der Waals surface area contributed by atoms with Gasteiger partial charge in [-0.1, -0.05) is 24.3 Å². The highest BCUT2D eigenvalue weighted by atomic mass is 19.1. The van der Waals surface area contributed by atoms with Crippen LogP contribution in [0.15, 0.2) is 42.5 Å². The quantitative estimate of drug-likeness (QED) is 0.621. The maximum absolute atomic E-state index is 14.5. The number of halogens is 2. The molecule has 2 aromatic rings. The highest BCUT2D eigenvalue weighted by Gasteiger charge is 2.27. The summed E-state index contributed by atoms with van der Waals surface area (Å²) in [6, 6.07) is 8.11. The van der Waals surface area contributed by atoms with Gasteiger partial charge in [0.15, 0.2) is 17.4 Å². The summed E-state index contributed by atoms with van der Waals surface area (Å²) in [6.45, 7) is -0.903. The van der Waals surface area contributed by atoms with E-state index in [-0.39, 0.29) is 11.3 Å². The zero-order valence-corrected chi connectivity index (χ0v) is 12.1. The van der Waals surface area contributed by atoms with Crippen LogP contribution < -0.4 is 10.1 Å². The third kappa shape index (κ3) is 4.15. The summed E-state index contributed by atoms with van der Waals surface area (Å²) in [6.07, 6.45) is -1.57. The van der Waals surface area contributed by atoms with Crippen molar-refractivity contribution in [3.8, 4) is 11.5 Å². The highest BCUT2D eigenvalue weighted by molar-refractivity contribution is 5.65. The van der Waals surface area contributed by atoms with Crippen molar-refractivity contribution in [3.63, 3.8) is 0 Å². The van der Waals surface area contributed by atoms with Gasteiger partial charge in [-0.25, -0.2) is 13.6 Å². The Morgan fingerprint density at radius 2 is 1.92 bits per heavy atom. The zero-order chi connectivity index (χ0) is 17.7. The Morgan fingerprint density at radius 1 is 1.25 bits per heavy atom. The van der Waals surface area contributed by atoms with Crippen LogP contribution in [0.25, 0.3) is 0 Å². The normalized spacial score (nSPS) is 11.6. The first-order valence-corrected chi connectivity index (χ1v) is 6.70. The molecular weight excluding hydrogens is 326 g/mol. The Labute approximate surface area is 134 Å². The lowest BCUT2D eigenvalue weighted by atomic mass is 10.1. The van der Waals surface area contributed by atoms with Crippen LogP contribution in [0.4, 0.5) is 13.6 Å². The molecule has 2 N–H and O–H groups in total. The van der Waals surface area contributed by atoms with E-state index in [0.717, 1.165) is 12.1 Å². The van der Waals surface area contributed by atoms with Gasteiger partial charge >= 0.3 is 6.09 Å². The Balaban J connectivity index is 2.41. The van der Waals surface area contributed by atoms with Crippen molar-refractivity contribution < 1.29 is 28.3 Å². The Hall–Kier alpha value is -3.23. The molecule has 1 atom stereocenters. The predicted octanol–water partition coefficient (Wildman–Crippen LogP) is 3.34. The fraction of sp³-hybridized carbons (Fsp3) is 0.133. The van der Waals surface area contributed by atoms with Gasteiger partial charge in [-0.2, -0.15) is 0 Å². The number of nitrogens with one attached hydrogen (secondary N) is 1. The van der Waals surface area contributed by atoms with E-state index in [0.29, 0.717) is 0 Å². The number of nitrogens with zero attached hydrogens (tertiary/aromatic N) is 1. The zero-order valence-electron chi connectivity index (χ0n) is 12.1. The highest BCUT2D eigenvalue weighted by Crippen LogP contribution is 2.32. The molecule has 2 rings (SSSR count). The molecule has 0 heterocycles. The van der Waals surface area contributed by atoms with Crippen molar-refractivity contribution in [2.45, 2.75) is 6.04 Å². The van der Waals surface area contributed by atoms with E-state index < -0.39 is 41.0 Å². The second-order valence-corrected chi connectivity index (χ2v) is 4.71. The van der Waals surface area contributed by atoms with Crippen LogP contribution in [0.5, 0.6) is 11.5 Å². The second kappa shape index (κ2) is 7.36. The molecule has 0 spiro atoms. The Bertz CT molecular complexity index is 739. The van der Waals surface area contributed by atoms with E-state index in [1.54, 1.807) is 18.2 Å². The van der Waals surface area contributed by atoms with E-state index >= 15 is 0 Å². The molecule has 126 valence electrons.